The average molecular weight is 367 g/mol. The Morgan fingerprint density at radius 3 is 2.76 bits per heavy atom. The molecule has 5 nitrogen and oxygen atoms in total. The molecule has 1 aromatic rings. The van der Waals surface area contributed by atoms with Crippen molar-refractivity contribution in [2.45, 2.75) is 45.4 Å². The number of pyridine rings is 1. The second-order valence-electron chi connectivity index (χ2n) is 6.75. The van der Waals surface area contributed by atoms with Gasteiger partial charge in [-0.3, -0.25) is 4.99 Å². The van der Waals surface area contributed by atoms with Gasteiger partial charge < -0.3 is 15.4 Å². The Hall–Kier alpha value is -1.33. The number of halogens is 1. The molecule has 0 amide bonds. The van der Waals surface area contributed by atoms with E-state index in [1.165, 1.54) is 25.7 Å². The molecule has 1 aliphatic carbocycles. The molecule has 0 aromatic carbocycles. The van der Waals surface area contributed by atoms with E-state index in [9.17, 15) is 0 Å². The monoisotopic (exact) mass is 366 g/mol. The molecular weight excluding hydrogens is 336 g/mol. The Labute approximate surface area is 156 Å². The average Bonchev–Trinajstić information content (AvgIpc) is 3.09. The third kappa shape index (κ3) is 6.83. The van der Waals surface area contributed by atoms with Crippen molar-refractivity contribution in [3.63, 3.8) is 0 Å². The normalized spacial score (nSPS) is 16.8. The quantitative estimate of drug-likeness (QED) is 0.304. The van der Waals surface area contributed by atoms with Gasteiger partial charge in [0.05, 0.1) is 0 Å². The van der Waals surface area contributed by atoms with Crippen LogP contribution in [0.4, 0.5) is 0 Å². The van der Waals surface area contributed by atoms with Gasteiger partial charge in [-0.1, -0.05) is 30.5 Å². The number of guanidine groups is 1. The Balaban J connectivity index is 1.75. The fourth-order valence-corrected chi connectivity index (χ4v) is 3.56. The van der Waals surface area contributed by atoms with Crippen molar-refractivity contribution in [2.24, 2.45) is 10.4 Å². The summed E-state index contributed by atoms with van der Waals surface area (Å²) in [6.45, 7) is 5.48. The Kier molecular flexibility index (Phi) is 8.49. The number of ether oxygens (including phenoxy) is 1. The first-order valence-electron chi connectivity index (χ1n) is 9.30. The molecule has 1 heterocycles. The molecule has 1 aromatic heterocycles. The molecule has 0 spiro atoms. The van der Waals surface area contributed by atoms with Crippen LogP contribution in [0.5, 0.6) is 0 Å². The molecule has 0 atom stereocenters. The molecule has 2 N–H and O–H groups in total. The van der Waals surface area contributed by atoms with Crippen LogP contribution >= 0.6 is 11.6 Å². The van der Waals surface area contributed by atoms with Crippen LogP contribution in [0.2, 0.25) is 5.15 Å². The Morgan fingerprint density at radius 1 is 1.32 bits per heavy atom. The summed E-state index contributed by atoms with van der Waals surface area (Å²) in [5, 5.41) is 7.44. The summed E-state index contributed by atoms with van der Waals surface area (Å²) in [4.78, 5) is 8.46. The molecule has 0 saturated heterocycles. The number of hydrogen-bond acceptors (Lipinski definition) is 3. The van der Waals surface area contributed by atoms with Gasteiger partial charge in [0.25, 0.3) is 0 Å². The van der Waals surface area contributed by atoms with Gasteiger partial charge in [-0.2, -0.15) is 0 Å². The molecule has 25 heavy (non-hydrogen) atoms. The second kappa shape index (κ2) is 10.6. The van der Waals surface area contributed by atoms with Crippen LogP contribution in [0.1, 0.15) is 44.6 Å². The van der Waals surface area contributed by atoms with Crippen molar-refractivity contribution >= 4 is 17.6 Å². The molecule has 1 fully saturated rings. The number of aliphatic imine (C=N–C) groups is 1. The lowest BCUT2D eigenvalue weighted by atomic mass is 9.83. The van der Waals surface area contributed by atoms with Gasteiger partial charge in [0.2, 0.25) is 0 Å². The maximum atomic E-state index is 5.82. The summed E-state index contributed by atoms with van der Waals surface area (Å²) >= 11 is 5.82. The lowest BCUT2D eigenvalue weighted by Crippen LogP contribution is -2.44. The lowest BCUT2D eigenvalue weighted by molar-refractivity contribution is 0.105. The molecular formula is C19H31ClN4O. The maximum Gasteiger partial charge on any atom is 0.191 e. The standard InChI is InChI=1S/C19H31ClN4O/c1-3-25-13-11-19(9-4-5-10-19)15-24-18(21-2)22-12-8-16-6-7-17(20)23-14-16/h6-7,14H,3-5,8-13,15H2,1-2H3,(H2,21,22,24). The van der Waals surface area contributed by atoms with Crippen LogP contribution in [0.3, 0.4) is 0 Å². The van der Waals surface area contributed by atoms with Crippen molar-refractivity contribution < 1.29 is 4.74 Å². The molecule has 1 aliphatic rings. The molecule has 0 radical (unpaired) electrons. The first kappa shape index (κ1) is 20.0. The summed E-state index contributed by atoms with van der Waals surface area (Å²) in [6.07, 6.45) is 9.04. The van der Waals surface area contributed by atoms with Gasteiger partial charge in [-0.25, -0.2) is 4.98 Å². The van der Waals surface area contributed by atoms with Crippen LogP contribution in [0.15, 0.2) is 23.3 Å². The zero-order valence-corrected chi connectivity index (χ0v) is 16.2. The Bertz CT molecular complexity index is 527. The van der Waals surface area contributed by atoms with E-state index in [4.69, 9.17) is 16.3 Å². The number of rotatable bonds is 9. The van der Waals surface area contributed by atoms with E-state index in [0.29, 0.717) is 10.6 Å². The van der Waals surface area contributed by atoms with Gasteiger partial charge in [0.15, 0.2) is 5.96 Å². The van der Waals surface area contributed by atoms with Gasteiger partial charge in [-0.15, -0.1) is 0 Å². The second-order valence-corrected chi connectivity index (χ2v) is 7.13. The highest BCUT2D eigenvalue weighted by atomic mass is 35.5. The minimum atomic E-state index is 0.354. The zero-order valence-electron chi connectivity index (χ0n) is 15.5. The Morgan fingerprint density at radius 2 is 2.12 bits per heavy atom. The third-order valence-corrected chi connectivity index (χ3v) is 5.22. The van der Waals surface area contributed by atoms with Gasteiger partial charge in [0, 0.05) is 39.5 Å². The number of aromatic nitrogens is 1. The predicted octanol–water partition coefficient (Wildman–Crippen LogP) is 3.43. The van der Waals surface area contributed by atoms with E-state index < -0.39 is 0 Å². The lowest BCUT2D eigenvalue weighted by Gasteiger charge is -2.30. The van der Waals surface area contributed by atoms with Crippen molar-refractivity contribution in [1.29, 1.82) is 0 Å². The van der Waals surface area contributed by atoms with Gasteiger partial charge in [-0.05, 0) is 49.7 Å². The van der Waals surface area contributed by atoms with E-state index in [2.05, 4.69) is 27.5 Å². The van der Waals surface area contributed by atoms with E-state index >= 15 is 0 Å². The van der Waals surface area contributed by atoms with Crippen LogP contribution in [0, 0.1) is 5.41 Å². The topological polar surface area (TPSA) is 58.5 Å². The fourth-order valence-electron chi connectivity index (χ4n) is 3.44. The third-order valence-electron chi connectivity index (χ3n) is 4.99. The number of nitrogens with zero attached hydrogens (tertiary/aromatic N) is 2. The summed E-state index contributed by atoms with van der Waals surface area (Å²) in [6, 6.07) is 3.83. The molecule has 2 rings (SSSR count). The zero-order chi connectivity index (χ0) is 18.0. The van der Waals surface area contributed by atoms with Crippen molar-refractivity contribution in [3.8, 4) is 0 Å². The number of nitrogens with one attached hydrogen (secondary N) is 2. The molecule has 0 unspecified atom stereocenters. The van der Waals surface area contributed by atoms with Gasteiger partial charge >= 0.3 is 0 Å². The van der Waals surface area contributed by atoms with Crippen LogP contribution in [-0.4, -0.2) is 44.3 Å². The van der Waals surface area contributed by atoms with Crippen LogP contribution < -0.4 is 10.6 Å². The van der Waals surface area contributed by atoms with E-state index in [1.54, 1.807) is 0 Å². The van der Waals surface area contributed by atoms with Crippen molar-refractivity contribution in [3.05, 3.63) is 29.0 Å². The summed E-state index contributed by atoms with van der Waals surface area (Å²) in [5.41, 5.74) is 1.52. The van der Waals surface area contributed by atoms with E-state index in [0.717, 1.165) is 50.7 Å². The summed E-state index contributed by atoms with van der Waals surface area (Å²) in [7, 11) is 1.82. The first-order valence-corrected chi connectivity index (χ1v) is 9.68. The number of hydrogen-bond donors (Lipinski definition) is 2. The molecule has 1 saturated carbocycles. The van der Waals surface area contributed by atoms with E-state index in [1.807, 2.05) is 25.4 Å². The highest BCUT2D eigenvalue weighted by Gasteiger charge is 2.33. The maximum absolute atomic E-state index is 5.82. The predicted molar refractivity (Wildman–Crippen MR) is 104 cm³/mol. The molecule has 0 aliphatic heterocycles. The fraction of sp³-hybridized carbons (Fsp3) is 0.684. The smallest absolute Gasteiger partial charge is 0.191 e. The SMILES string of the molecule is CCOCCC1(CNC(=NC)NCCc2ccc(Cl)nc2)CCCC1. The van der Waals surface area contributed by atoms with Crippen LogP contribution in [0.25, 0.3) is 0 Å². The van der Waals surface area contributed by atoms with Crippen molar-refractivity contribution in [2.75, 3.05) is 33.4 Å². The largest absolute Gasteiger partial charge is 0.382 e. The summed E-state index contributed by atoms with van der Waals surface area (Å²) < 4.78 is 5.59. The van der Waals surface area contributed by atoms with Crippen LogP contribution in [-0.2, 0) is 11.2 Å². The summed E-state index contributed by atoms with van der Waals surface area (Å²) in [5.74, 6) is 0.865. The molecule has 140 valence electrons. The highest BCUT2D eigenvalue weighted by Crippen LogP contribution is 2.40. The first-order chi connectivity index (χ1) is 12.2. The molecule has 0 bridgehead atoms. The molecule has 6 heteroatoms. The van der Waals surface area contributed by atoms with Gasteiger partial charge in [0.1, 0.15) is 5.15 Å². The highest BCUT2D eigenvalue weighted by molar-refractivity contribution is 6.29. The minimum absolute atomic E-state index is 0.354. The van der Waals surface area contributed by atoms with Crippen molar-refractivity contribution in [1.82, 2.24) is 15.6 Å². The van der Waals surface area contributed by atoms with E-state index in [-0.39, 0.29) is 0 Å². The minimum Gasteiger partial charge on any atom is -0.382 e.